The Morgan fingerprint density at radius 2 is 1.68 bits per heavy atom. The zero-order chi connectivity index (χ0) is 29.2. The summed E-state index contributed by atoms with van der Waals surface area (Å²) in [4.78, 5) is 17.5. The maximum Gasteiger partial charge on any atom is 0.263 e. The van der Waals surface area contributed by atoms with Crippen LogP contribution in [0.5, 0.6) is 23.0 Å². The van der Waals surface area contributed by atoms with Gasteiger partial charge in [-0.2, -0.15) is 0 Å². The molecular formula is C31H44N2O6S. The van der Waals surface area contributed by atoms with Crippen LogP contribution in [0.4, 0.5) is 0 Å². The summed E-state index contributed by atoms with van der Waals surface area (Å²) < 4.78 is 22.2. The first-order valence-electron chi connectivity index (χ1n) is 13.9. The van der Waals surface area contributed by atoms with Gasteiger partial charge in [-0.3, -0.25) is 4.79 Å². The molecule has 0 saturated carbocycles. The van der Waals surface area contributed by atoms with Crippen molar-refractivity contribution in [1.82, 2.24) is 9.80 Å². The van der Waals surface area contributed by atoms with Gasteiger partial charge in [0.05, 0.1) is 0 Å². The van der Waals surface area contributed by atoms with Gasteiger partial charge in [0.25, 0.3) is 5.91 Å². The predicted molar refractivity (Wildman–Crippen MR) is 159 cm³/mol. The number of hydrogen-bond donors (Lipinski definition) is 1. The molecule has 1 fully saturated rings. The molecule has 40 heavy (non-hydrogen) atoms. The van der Waals surface area contributed by atoms with Gasteiger partial charge < -0.3 is 33.9 Å². The van der Waals surface area contributed by atoms with Crippen LogP contribution in [-0.2, 0) is 20.4 Å². The van der Waals surface area contributed by atoms with E-state index in [1.165, 1.54) is 11.8 Å². The molecule has 9 heteroatoms. The summed E-state index contributed by atoms with van der Waals surface area (Å²) in [5, 5.41) is 11.0. The number of ether oxygens (including phenoxy) is 4. The molecule has 2 atom stereocenters. The van der Waals surface area contributed by atoms with E-state index in [-0.39, 0.29) is 28.9 Å². The number of carbonyl (C=O) groups excluding carboxylic acids is 1. The number of fused-ring (bicyclic) bond motifs is 1. The Morgan fingerprint density at radius 3 is 2.30 bits per heavy atom. The summed E-state index contributed by atoms with van der Waals surface area (Å²) >= 11 is 1.52. The van der Waals surface area contributed by atoms with Gasteiger partial charge in [0, 0.05) is 26.3 Å². The first-order chi connectivity index (χ1) is 18.8. The zero-order valence-electron chi connectivity index (χ0n) is 25.1. The third kappa shape index (κ3) is 6.81. The number of likely N-dealkylation sites (N-methyl/N-ethyl adjacent to an activating group) is 1. The van der Waals surface area contributed by atoms with E-state index in [1.54, 1.807) is 7.11 Å². The molecule has 0 spiro atoms. The summed E-state index contributed by atoms with van der Waals surface area (Å²) in [5.74, 6) is 2.54. The number of phenols is 1. The molecule has 8 nitrogen and oxygen atoms in total. The molecule has 2 aromatic rings. The average molecular weight is 573 g/mol. The van der Waals surface area contributed by atoms with Gasteiger partial charge in [0.2, 0.25) is 6.79 Å². The third-order valence-electron chi connectivity index (χ3n) is 7.29. The molecule has 4 rings (SSSR count). The lowest BCUT2D eigenvalue weighted by Crippen LogP contribution is -2.35. The van der Waals surface area contributed by atoms with Crippen LogP contribution in [0, 0.1) is 0 Å². The molecule has 0 aromatic heterocycles. The minimum absolute atomic E-state index is 0.00557. The van der Waals surface area contributed by atoms with Crippen LogP contribution in [0.15, 0.2) is 30.3 Å². The molecule has 2 aromatic carbocycles. The predicted octanol–water partition coefficient (Wildman–Crippen LogP) is 5.66. The van der Waals surface area contributed by atoms with Crippen LogP contribution in [0.3, 0.4) is 0 Å². The maximum absolute atomic E-state index is 13.3. The highest BCUT2D eigenvalue weighted by Gasteiger charge is 2.42. The van der Waals surface area contributed by atoms with E-state index in [0.717, 1.165) is 47.7 Å². The average Bonchev–Trinajstić information content (AvgIpc) is 3.46. The fourth-order valence-corrected chi connectivity index (χ4v) is 6.24. The zero-order valence-corrected chi connectivity index (χ0v) is 25.9. The minimum atomic E-state index is -0.539. The minimum Gasteiger partial charge on any atom is -0.507 e. The van der Waals surface area contributed by atoms with Crippen LogP contribution >= 0.6 is 11.8 Å². The van der Waals surface area contributed by atoms with Gasteiger partial charge in [-0.1, -0.05) is 53.3 Å². The molecule has 0 aliphatic carbocycles. The largest absolute Gasteiger partial charge is 0.507 e. The molecular weight excluding hydrogens is 528 g/mol. The summed E-state index contributed by atoms with van der Waals surface area (Å²) in [7, 11) is 3.65. The molecule has 0 radical (unpaired) electrons. The number of hydrogen-bond acceptors (Lipinski definition) is 8. The second kappa shape index (κ2) is 12.1. The molecule has 0 bridgehead atoms. The highest BCUT2D eigenvalue weighted by atomic mass is 32.2. The smallest absolute Gasteiger partial charge is 0.263 e. The highest BCUT2D eigenvalue weighted by molar-refractivity contribution is 8.01. The Bertz CT molecular complexity index is 1170. The van der Waals surface area contributed by atoms with Crippen molar-refractivity contribution >= 4 is 17.7 Å². The van der Waals surface area contributed by atoms with Crippen molar-refractivity contribution in [3.8, 4) is 23.0 Å². The van der Waals surface area contributed by atoms with Crippen molar-refractivity contribution in [2.24, 2.45) is 0 Å². The maximum atomic E-state index is 13.3. The van der Waals surface area contributed by atoms with E-state index >= 15 is 0 Å². The number of rotatable bonds is 10. The molecule has 1 amide bonds. The van der Waals surface area contributed by atoms with Crippen molar-refractivity contribution in [2.45, 2.75) is 69.6 Å². The summed E-state index contributed by atoms with van der Waals surface area (Å²) in [6.45, 7) is 15.6. The molecule has 2 aliphatic heterocycles. The fourth-order valence-electron chi connectivity index (χ4n) is 4.99. The van der Waals surface area contributed by atoms with E-state index in [1.807, 2.05) is 23.1 Å². The van der Waals surface area contributed by atoms with Gasteiger partial charge in [-0.05, 0) is 71.8 Å². The Balaban J connectivity index is 1.40. The number of benzene rings is 2. The van der Waals surface area contributed by atoms with Crippen LogP contribution < -0.4 is 14.2 Å². The Kier molecular flexibility index (Phi) is 9.17. The number of methoxy groups -OCH3 is 1. The number of thioether (sulfide) groups is 1. The number of carbonyl (C=O) groups is 1. The van der Waals surface area contributed by atoms with Gasteiger partial charge in [-0.15, -0.1) is 0 Å². The number of phenolic OH excluding ortho intramolecular Hbond substituents is 1. The second-order valence-corrected chi connectivity index (χ2v) is 13.7. The van der Waals surface area contributed by atoms with E-state index in [9.17, 15) is 9.90 Å². The van der Waals surface area contributed by atoms with Gasteiger partial charge in [0.15, 0.2) is 16.9 Å². The fraction of sp³-hybridized carbons (Fsp3) is 0.581. The summed E-state index contributed by atoms with van der Waals surface area (Å²) in [5.41, 5.74) is 1.78. The Labute approximate surface area is 242 Å². The van der Waals surface area contributed by atoms with E-state index < -0.39 is 5.44 Å². The lowest BCUT2D eigenvalue weighted by Gasteiger charge is -2.31. The normalized spacial score (nSPS) is 19.1. The number of aromatic hydroxyl groups is 1. The van der Waals surface area contributed by atoms with Crippen molar-refractivity contribution in [1.29, 1.82) is 0 Å². The Morgan fingerprint density at radius 1 is 1.02 bits per heavy atom. The van der Waals surface area contributed by atoms with Crippen molar-refractivity contribution in [3.63, 3.8) is 0 Å². The topological polar surface area (TPSA) is 80.7 Å². The van der Waals surface area contributed by atoms with E-state index in [4.69, 9.17) is 18.9 Å². The van der Waals surface area contributed by atoms with Crippen molar-refractivity contribution in [2.75, 3.05) is 47.2 Å². The van der Waals surface area contributed by atoms with Crippen LogP contribution in [-0.4, -0.2) is 73.4 Å². The van der Waals surface area contributed by atoms with Crippen molar-refractivity contribution < 1.29 is 28.8 Å². The standard InChI is InChI=1S/C31H44N2O6S/c1-30(2,3)22-16-20(17-23(26(22)34)31(4,5)6)28-33(27(35)29(36-8)40-28)13-9-12-32(7)14-15-37-21-10-11-24-25(18-21)39-19-38-24/h10-11,16-18,28-29,34H,9,12-15,19H2,1-8H3. The number of amides is 1. The van der Waals surface area contributed by atoms with Gasteiger partial charge >= 0.3 is 0 Å². The molecule has 2 heterocycles. The molecule has 1 N–H and O–H groups in total. The van der Waals surface area contributed by atoms with Crippen LogP contribution in [0.25, 0.3) is 0 Å². The van der Waals surface area contributed by atoms with E-state index in [0.29, 0.717) is 24.7 Å². The SMILES string of the molecule is COC1SC(c2cc(C(C)(C)C)c(O)c(C(C)(C)C)c2)N(CCCN(C)CCOc2ccc3c(c2)OCO3)C1=O. The van der Waals surface area contributed by atoms with Gasteiger partial charge in [0.1, 0.15) is 23.5 Å². The molecule has 2 unspecified atom stereocenters. The third-order valence-corrected chi connectivity index (χ3v) is 8.72. The Hall–Kier alpha value is -2.62. The lowest BCUT2D eigenvalue weighted by molar-refractivity contribution is -0.135. The van der Waals surface area contributed by atoms with Crippen LogP contribution in [0.1, 0.15) is 70.0 Å². The summed E-state index contributed by atoms with van der Waals surface area (Å²) in [6, 6.07) is 9.74. The number of nitrogens with zero attached hydrogens (tertiary/aromatic N) is 2. The lowest BCUT2D eigenvalue weighted by atomic mass is 9.78. The van der Waals surface area contributed by atoms with Crippen LogP contribution in [0.2, 0.25) is 0 Å². The quantitative estimate of drug-likeness (QED) is 0.391. The summed E-state index contributed by atoms with van der Waals surface area (Å²) in [6.07, 6.45) is 0.816. The molecule has 2 aliphatic rings. The first kappa shape index (κ1) is 30.3. The second-order valence-electron chi connectivity index (χ2n) is 12.6. The van der Waals surface area contributed by atoms with Crippen molar-refractivity contribution in [3.05, 3.63) is 47.0 Å². The molecule has 220 valence electrons. The highest BCUT2D eigenvalue weighted by Crippen LogP contribution is 2.48. The monoisotopic (exact) mass is 572 g/mol. The first-order valence-corrected chi connectivity index (χ1v) is 14.8. The van der Waals surface area contributed by atoms with Gasteiger partial charge in [-0.25, -0.2) is 0 Å². The van der Waals surface area contributed by atoms with E-state index in [2.05, 4.69) is 65.6 Å². The molecule has 1 saturated heterocycles.